The first-order valence-corrected chi connectivity index (χ1v) is 9.51. The van der Waals surface area contributed by atoms with Gasteiger partial charge in [0, 0.05) is 10.9 Å². The number of aromatic nitrogens is 1. The SMILES string of the molecule is O=S(=O)(Nc1nc(-c2ccc3ccccc3c2)cs1)C1CC1. The number of fused-ring (bicyclic) bond motifs is 1. The third-order valence-corrected chi connectivity index (χ3v) is 6.46. The van der Waals surface area contributed by atoms with Gasteiger partial charge in [-0.1, -0.05) is 36.4 Å². The highest BCUT2D eigenvalue weighted by Crippen LogP contribution is 2.32. The lowest BCUT2D eigenvalue weighted by molar-refractivity contribution is 0.600. The molecule has 4 nitrogen and oxygen atoms in total. The monoisotopic (exact) mass is 330 g/mol. The van der Waals surface area contributed by atoms with E-state index >= 15 is 0 Å². The average molecular weight is 330 g/mol. The minimum atomic E-state index is -3.25. The van der Waals surface area contributed by atoms with Gasteiger partial charge in [0.25, 0.3) is 0 Å². The number of benzene rings is 2. The zero-order valence-electron chi connectivity index (χ0n) is 11.7. The molecule has 3 aromatic rings. The van der Waals surface area contributed by atoms with Crippen LogP contribution in [-0.2, 0) is 10.0 Å². The van der Waals surface area contributed by atoms with Crippen LogP contribution in [0.2, 0.25) is 0 Å². The summed E-state index contributed by atoms with van der Waals surface area (Å²) in [5, 5.41) is 4.41. The van der Waals surface area contributed by atoms with Crippen molar-refractivity contribution in [2.24, 2.45) is 0 Å². The summed E-state index contributed by atoms with van der Waals surface area (Å²) in [6, 6.07) is 14.3. The highest BCUT2D eigenvalue weighted by molar-refractivity contribution is 7.93. The largest absolute Gasteiger partial charge is 0.258 e. The van der Waals surface area contributed by atoms with Crippen LogP contribution in [-0.4, -0.2) is 18.7 Å². The number of thiazole rings is 1. The van der Waals surface area contributed by atoms with Crippen LogP contribution in [0.1, 0.15) is 12.8 Å². The number of hydrogen-bond acceptors (Lipinski definition) is 4. The molecule has 0 unspecified atom stereocenters. The Balaban J connectivity index is 1.64. The van der Waals surface area contributed by atoms with Crippen molar-refractivity contribution in [3.8, 4) is 11.3 Å². The summed E-state index contributed by atoms with van der Waals surface area (Å²) in [5.74, 6) is 0. The fourth-order valence-corrected chi connectivity index (χ4v) is 4.70. The van der Waals surface area contributed by atoms with Gasteiger partial charge < -0.3 is 0 Å². The molecule has 0 spiro atoms. The van der Waals surface area contributed by atoms with Crippen molar-refractivity contribution in [3.63, 3.8) is 0 Å². The summed E-state index contributed by atoms with van der Waals surface area (Å²) in [5.41, 5.74) is 1.79. The highest BCUT2D eigenvalue weighted by atomic mass is 32.2. The summed E-state index contributed by atoms with van der Waals surface area (Å²) < 4.78 is 26.5. The van der Waals surface area contributed by atoms with Crippen LogP contribution in [0.3, 0.4) is 0 Å². The fourth-order valence-electron chi connectivity index (χ4n) is 2.39. The van der Waals surface area contributed by atoms with Gasteiger partial charge in [-0.3, -0.25) is 4.72 Å². The first-order chi connectivity index (χ1) is 10.6. The van der Waals surface area contributed by atoms with Crippen molar-refractivity contribution in [2.75, 3.05) is 4.72 Å². The third kappa shape index (κ3) is 2.60. The molecule has 1 aliphatic carbocycles. The molecule has 2 aromatic carbocycles. The Hall–Kier alpha value is -1.92. The Morgan fingerprint density at radius 2 is 1.86 bits per heavy atom. The van der Waals surface area contributed by atoms with E-state index in [4.69, 9.17) is 0 Å². The van der Waals surface area contributed by atoms with E-state index in [2.05, 4.69) is 34.0 Å². The first-order valence-electron chi connectivity index (χ1n) is 7.08. The summed E-state index contributed by atoms with van der Waals surface area (Å²) in [6.45, 7) is 0. The molecular formula is C16H14N2O2S2. The quantitative estimate of drug-likeness (QED) is 0.790. The predicted molar refractivity (Wildman–Crippen MR) is 90.6 cm³/mol. The molecule has 1 aromatic heterocycles. The van der Waals surface area contributed by atoms with Crippen molar-refractivity contribution < 1.29 is 8.42 Å². The van der Waals surface area contributed by atoms with Gasteiger partial charge >= 0.3 is 0 Å². The van der Waals surface area contributed by atoms with Gasteiger partial charge in [0.1, 0.15) is 0 Å². The van der Waals surface area contributed by atoms with E-state index in [1.54, 1.807) is 0 Å². The Kier molecular flexibility index (Phi) is 3.16. The van der Waals surface area contributed by atoms with E-state index in [-0.39, 0.29) is 5.25 Å². The summed E-state index contributed by atoms with van der Waals surface area (Å²) in [4.78, 5) is 4.41. The van der Waals surface area contributed by atoms with Crippen LogP contribution in [0.25, 0.3) is 22.0 Å². The maximum atomic E-state index is 11.9. The van der Waals surface area contributed by atoms with E-state index < -0.39 is 10.0 Å². The van der Waals surface area contributed by atoms with Crippen LogP contribution in [0.15, 0.2) is 47.8 Å². The Morgan fingerprint density at radius 3 is 2.64 bits per heavy atom. The zero-order valence-corrected chi connectivity index (χ0v) is 13.3. The second-order valence-electron chi connectivity index (χ2n) is 5.45. The van der Waals surface area contributed by atoms with Crippen LogP contribution in [0.4, 0.5) is 5.13 Å². The lowest BCUT2D eigenvalue weighted by Gasteiger charge is -2.03. The molecule has 0 amide bonds. The summed E-state index contributed by atoms with van der Waals surface area (Å²) in [7, 11) is -3.25. The molecule has 6 heteroatoms. The topological polar surface area (TPSA) is 59.1 Å². The first kappa shape index (κ1) is 13.7. The van der Waals surface area contributed by atoms with Crippen LogP contribution in [0, 0.1) is 0 Å². The molecular weight excluding hydrogens is 316 g/mol. The third-order valence-electron chi connectivity index (χ3n) is 3.74. The maximum Gasteiger partial charge on any atom is 0.237 e. The fraction of sp³-hybridized carbons (Fsp3) is 0.188. The van der Waals surface area contributed by atoms with Crippen LogP contribution in [0.5, 0.6) is 0 Å². The van der Waals surface area contributed by atoms with Crippen molar-refractivity contribution in [1.82, 2.24) is 4.98 Å². The minimum absolute atomic E-state index is 0.236. The molecule has 0 atom stereocenters. The number of hydrogen-bond donors (Lipinski definition) is 1. The van der Waals surface area contributed by atoms with Gasteiger partial charge in [-0.25, -0.2) is 13.4 Å². The zero-order chi connectivity index (χ0) is 15.2. The number of nitrogens with zero attached hydrogens (tertiary/aromatic N) is 1. The van der Waals surface area contributed by atoms with Crippen molar-refractivity contribution >= 4 is 37.3 Å². The van der Waals surface area contributed by atoms with Gasteiger partial charge in [0.2, 0.25) is 10.0 Å². The molecule has 1 saturated carbocycles. The molecule has 112 valence electrons. The number of anilines is 1. The minimum Gasteiger partial charge on any atom is -0.258 e. The summed E-state index contributed by atoms with van der Waals surface area (Å²) in [6.07, 6.45) is 1.50. The molecule has 0 aliphatic heterocycles. The lowest BCUT2D eigenvalue weighted by Crippen LogP contribution is -2.17. The molecule has 1 aliphatic rings. The van der Waals surface area contributed by atoms with Gasteiger partial charge in [-0.15, -0.1) is 11.3 Å². The normalized spacial score (nSPS) is 15.1. The molecule has 1 heterocycles. The van der Waals surface area contributed by atoms with Crippen molar-refractivity contribution in [3.05, 3.63) is 47.8 Å². The average Bonchev–Trinajstić information content (AvgIpc) is 3.29. The van der Waals surface area contributed by atoms with Gasteiger partial charge in [-0.2, -0.15) is 0 Å². The van der Waals surface area contributed by atoms with Gasteiger partial charge in [0.05, 0.1) is 10.9 Å². The number of rotatable bonds is 4. The summed E-state index contributed by atoms with van der Waals surface area (Å²) >= 11 is 1.32. The van der Waals surface area contributed by atoms with Gasteiger partial charge in [-0.05, 0) is 29.7 Å². The molecule has 1 N–H and O–H groups in total. The van der Waals surface area contributed by atoms with Gasteiger partial charge in [0.15, 0.2) is 5.13 Å². The second-order valence-corrected chi connectivity index (χ2v) is 8.27. The smallest absolute Gasteiger partial charge is 0.237 e. The van der Waals surface area contributed by atoms with E-state index in [1.807, 2.05) is 23.6 Å². The number of nitrogens with one attached hydrogen (secondary N) is 1. The van der Waals surface area contributed by atoms with E-state index in [0.717, 1.165) is 29.5 Å². The lowest BCUT2D eigenvalue weighted by atomic mass is 10.1. The second kappa shape index (κ2) is 5.07. The molecule has 0 saturated heterocycles. The Morgan fingerprint density at radius 1 is 1.09 bits per heavy atom. The Labute approximate surface area is 132 Å². The maximum absolute atomic E-state index is 11.9. The van der Waals surface area contributed by atoms with Crippen molar-refractivity contribution in [1.29, 1.82) is 0 Å². The predicted octanol–water partition coefficient (Wildman–Crippen LogP) is 3.87. The molecule has 4 rings (SSSR count). The number of sulfonamides is 1. The molecule has 0 radical (unpaired) electrons. The standard InChI is InChI=1S/C16H14N2O2S2/c19-22(20,14-7-8-14)18-16-17-15(10-21-16)13-6-5-11-3-1-2-4-12(11)9-13/h1-6,9-10,14H,7-8H2,(H,17,18). The molecule has 1 fully saturated rings. The van der Waals surface area contributed by atoms with E-state index in [9.17, 15) is 8.42 Å². The molecule has 22 heavy (non-hydrogen) atoms. The molecule has 0 bridgehead atoms. The van der Waals surface area contributed by atoms with E-state index in [1.165, 1.54) is 16.7 Å². The van der Waals surface area contributed by atoms with Crippen LogP contribution < -0.4 is 4.72 Å². The Bertz CT molecular complexity index is 943. The van der Waals surface area contributed by atoms with E-state index in [0.29, 0.717) is 5.13 Å². The van der Waals surface area contributed by atoms with Crippen LogP contribution >= 0.6 is 11.3 Å². The van der Waals surface area contributed by atoms with Crippen molar-refractivity contribution in [2.45, 2.75) is 18.1 Å². The highest BCUT2D eigenvalue weighted by Gasteiger charge is 2.36.